The summed E-state index contributed by atoms with van der Waals surface area (Å²) in [6.07, 6.45) is 20.3. The average molecular weight is 427 g/mol. The van der Waals surface area contributed by atoms with Crippen LogP contribution in [0.3, 0.4) is 0 Å². The monoisotopic (exact) mass is 426 g/mol. The first kappa shape index (κ1) is 24.3. The normalized spacial score (nSPS) is 26.5. The topological polar surface area (TPSA) is 26.3 Å². The third-order valence-corrected chi connectivity index (χ3v) is 8.14. The minimum absolute atomic E-state index is 0.170. The van der Waals surface area contributed by atoms with E-state index in [1.807, 2.05) is 12.1 Å². The van der Waals surface area contributed by atoms with Gasteiger partial charge < -0.3 is 4.74 Å². The van der Waals surface area contributed by atoms with Gasteiger partial charge in [-0.1, -0.05) is 77.3 Å². The molecule has 0 radical (unpaired) electrons. The van der Waals surface area contributed by atoms with Crippen LogP contribution in [0.4, 0.5) is 0 Å². The Kier molecular flexibility index (Phi) is 10.4. The molecule has 174 valence electrons. The summed E-state index contributed by atoms with van der Waals surface area (Å²) >= 11 is 0. The second-order valence-corrected chi connectivity index (χ2v) is 10.4. The number of hydrogen-bond acceptors (Lipinski definition) is 2. The molecule has 1 aromatic rings. The van der Waals surface area contributed by atoms with Gasteiger partial charge in [-0.2, -0.15) is 0 Å². The summed E-state index contributed by atoms with van der Waals surface area (Å²) in [5.74, 6) is 3.49. The second kappa shape index (κ2) is 13.3. The number of unbranched alkanes of at least 4 members (excludes halogenated alkanes) is 4. The first-order chi connectivity index (χ1) is 15.2. The van der Waals surface area contributed by atoms with E-state index in [1.165, 1.54) is 82.6 Å². The van der Waals surface area contributed by atoms with Gasteiger partial charge in [0.25, 0.3) is 0 Å². The van der Waals surface area contributed by atoms with Gasteiger partial charge in [-0.25, -0.2) is 4.79 Å². The highest BCUT2D eigenvalue weighted by Gasteiger charge is 2.31. The molecule has 3 rings (SSSR count). The molecule has 0 N–H and O–H groups in total. The van der Waals surface area contributed by atoms with Gasteiger partial charge in [0.15, 0.2) is 0 Å². The van der Waals surface area contributed by atoms with E-state index in [9.17, 15) is 4.79 Å². The Hall–Kier alpha value is -1.31. The van der Waals surface area contributed by atoms with E-state index in [4.69, 9.17) is 4.74 Å². The summed E-state index contributed by atoms with van der Waals surface area (Å²) in [5, 5.41) is 0. The Morgan fingerprint density at radius 2 is 1.35 bits per heavy atom. The molecule has 2 aliphatic carbocycles. The number of rotatable bonds is 11. The molecule has 0 bridgehead atoms. The van der Waals surface area contributed by atoms with Crippen molar-refractivity contribution in [3.63, 3.8) is 0 Å². The SMILES string of the molecule is CCCCCOC(=O)c1ccc(C2CCC(C3CCC(CCCCC)CC3)CC2)cc1. The molecule has 2 aliphatic rings. The Morgan fingerprint density at radius 1 is 0.774 bits per heavy atom. The van der Waals surface area contributed by atoms with Crippen LogP contribution in [0.1, 0.15) is 132 Å². The molecule has 2 nitrogen and oxygen atoms in total. The van der Waals surface area contributed by atoms with Crippen LogP contribution < -0.4 is 0 Å². The first-order valence-electron chi connectivity index (χ1n) is 13.5. The molecule has 0 amide bonds. The third-order valence-electron chi connectivity index (χ3n) is 8.14. The predicted molar refractivity (Wildman–Crippen MR) is 131 cm³/mol. The maximum absolute atomic E-state index is 12.2. The first-order valence-corrected chi connectivity index (χ1v) is 13.5. The Morgan fingerprint density at radius 3 is 1.97 bits per heavy atom. The van der Waals surface area contributed by atoms with E-state index in [1.54, 1.807) is 0 Å². The predicted octanol–water partition coefficient (Wildman–Crippen LogP) is 8.69. The standard InChI is InChI=1S/C29H46O2/c1-3-5-7-9-23-10-12-24(13-11-23)25-14-16-26(17-15-25)27-18-20-28(21-19-27)29(30)31-22-8-6-4-2/h18-21,23-26H,3-17,22H2,1-2H3. The number of benzene rings is 1. The Labute approximate surface area is 191 Å². The largest absolute Gasteiger partial charge is 0.462 e. The molecular formula is C29H46O2. The molecular weight excluding hydrogens is 380 g/mol. The van der Waals surface area contributed by atoms with Crippen LogP contribution in [-0.2, 0) is 4.74 Å². The molecule has 1 aromatic carbocycles. The molecule has 0 atom stereocenters. The average Bonchev–Trinajstić information content (AvgIpc) is 2.83. The van der Waals surface area contributed by atoms with Crippen LogP contribution in [-0.4, -0.2) is 12.6 Å². The summed E-state index contributed by atoms with van der Waals surface area (Å²) in [5.41, 5.74) is 2.12. The lowest BCUT2D eigenvalue weighted by Gasteiger charge is -2.38. The van der Waals surface area contributed by atoms with E-state index in [-0.39, 0.29) is 5.97 Å². The fourth-order valence-electron chi connectivity index (χ4n) is 6.05. The lowest BCUT2D eigenvalue weighted by Crippen LogP contribution is -2.25. The highest BCUT2D eigenvalue weighted by molar-refractivity contribution is 5.89. The van der Waals surface area contributed by atoms with Crippen molar-refractivity contribution >= 4 is 5.97 Å². The molecule has 2 saturated carbocycles. The fourth-order valence-corrected chi connectivity index (χ4v) is 6.05. The maximum atomic E-state index is 12.2. The molecule has 2 heteroatoms. The van der Waals surface area contributed by atoms with E-state index in [2.05, 4.69) is 26.0 Å². The molecule has 0 unspecified atom stereocenters. The van der Waals surface area contributed by atoms with Crippen LogP contribution in [0.2, 0.25) is 0 Å². The molecule has 0 aromatic heterocycles. The summed E-state index contributed by atoms with van der Waals surface area (Å²) < 4.78 is 5.39. The van der Waals surface area contributed by atoms with Gasteiger partial charge in [-0.15, -0.1) is 0 Å². The van der Waals surface area contributed by atoms with E-state index in [0.717, 1.165) is 37.0 Å². The van der Waals surface area contributed by atoms with Crippen LogP contribution in [0.25, 0.3) is 0 Å². The second-order valence-electron chi connectivity index (χ2n) is 10.4. The number of hydrogen-bond donors (Lipinski definition) is 0. The zero-order chi connectivity index (χ0) is 21.9. The molecule has 31 heavy (non-hydrogen) atoms. The van der Waals surface area contributed by atoms with Gasteiger partial charge in [-0.3, -0.25) is 0 Å². The van der Waals surface area contributed by atoms with Crippen molar-refractivity contribution in [2.24, 2.45) is 17.8 Å². The zero-order valence-electron chi connectivity index (χ0n) is 20.2. The maximum Gasteiger partial charge on any atom is 0.338 e. The summed E-state index contributed by atoms with van der Waals surface area (Å²) in [7, 11) is 0. The molecule has 0 heterocycles. The van der Waals surface area contributed by atoms with E-state index < -0.39 is 0 Å². The summed E-state index contributed by atoms with van der Waals surface area (Å²) in [4.78, 5) is 12.2. The minimum Gasteiger partial charge on any atom is -0.462 e. The van der Waals surface area contributed by atoms with Gasteiger partial charge in [0.05, 0.1) is 12.2 Å². The van der Waals surface area contributed by atoms with Crippen molar-refractivity contribution in [2.75, 3.05) is 6.61 Å². The van der Waals surface area contributed by atoms with Crippen LogP contribution in [0.5, 0.6) is 0 Å². The van der Waals surface area contributed by atoms with E-state index in [0.29, 0.717) is 18.1 Å². The van der Waals surface area contributed by atoms with Gasteiger partial charge in [-0.05, 0) is 86.3 Å². The smallest absolute Gasteiger partial charge is 0.338 e. The third kappa shape index (κ3) is 7.65. The van der Waals surface area contributed by atoms with Gasteiger partial charge in [0.1, 0.15) is 0 Å². The zero-order valence-corrected chi connectivity index (χ0v) is 20.2. The highest BCUT2D eigenvalue weighted by Crippen LogP contribution is 2.44. The van der Waals surface area contributed by atoms with Crippen molar-refractivity contribution < 1.29 is 9.53 Å². The highest BCUT2D eigenvalue weighted by atomic mass is 16.5. The van der Waals surface area contributed by atoms with Crippen LogP contribution in [0.15, 0.2) is 24.3 Å². The minimum atomic E-state index is -0.170. The summed E-state index contributed by atoms with van der Waals surface area (Å²) in [6, 6.07) is 8.30. The molecule has 2 fully saturated rings. The lowest BCUT2D eigenvalue weighted by molar-refractivity contribution is 0.0498. The molecule has 0 spiro atoms. The summed E-state index contributed by atoms with van der Waals surface area (Å²) in [6.45, 7) is 5.01. The number of carbonyl (C=O) groups is 1. The number of esters is 1. The van der Waals surface area contributed by atoms with Crippen molar-refractivity contribution in [3.05, 3.63) is 35.4 Å². The molecule has 0 aliphatic heterocycles. The van der Waals surface area contributed by atoms with Crippen LogP contribution in [0, 0.1) is 17.8 Å². The Bertz CT molecular complexity index is 619. The fraction of sp³-hybridized carbons (Fsp3) is 0.759. The van der Waals surface area contributed by atoms with Gasteiger partial charge in [0, 0.05) is 0 Å². The van der Waals surface area contributed by atoms with Crippen molar-refractivity contribution in [3.8, 4) is 0 Å². The Balaban J connectivity index is 1.38. The number of carbonyl (C=O) groups excluding carboxylic acids is 1. The van der Waals surface area contributed by atoms with Crippen molar-refractivity contribution in [1.29, 1.82) is 0 Å². The van der Waals surface area contributed by atoms with E-state index >= 15 is 0 Å². The van der Waals surface area contributed by atoms with Crippen molar-refractivity contribution in [1.82, 2.24) is 0 Å². The molecule has 0 saturated heterocycles. The quantitative estimate of drug-likeness (QED) is 0.261. The van der Waals surface area contributed by atoms with Crippen LogP contribution >= 0.6 is 0 Å². The van der Waals surface area contributed by atoms with Gasteiger partial charge >= 0.3 is 5.97 Å². The van der Waals surface area contributed by atoms with Gasteiger partial charge in [0.2, 0.25) is 0 Å². The number of ether oxygens (including phenoxy) is 1. The van der Waals surface area contributed by atoms with Crippen molar-refractivity contribution in [2.45, 2.75) is 116 Å². The lowest BCUT2D eigenvalue weighted by atomic mass is 9.68.